The van der Waals surface area contributed by atoms with Gasteiger partial charge in [-0.25, -0.2) is 9.18 Å². The largest absolute Gasteiger partial charge is 0.348 e. The minimum Gasteiger partial charge on any atom is -0.292 e. The molecule has 1 heterocycles. The van der Waals surface area contributed by atoms with Gasteiger partial charge in [0.1, 0.15) is 5.82 Å². The van der Waals surface area contributed by atoms with E-state index in [1.807, 2.05) is 6.07 Å². The number of halogens is 1. The number of rotatable bonds is 2. The summed E-state index contributed by atoms with van der Waals surface area (Å²) < 4.78 is 15.2. The molecule has 19 heavy (non-hydrogen) atoms. The van der Waals surface area contributed by atoms with E-state index in [2.05, 4.69) is 4.98 Å². The lowest BCUT2D eigenvalue weighted by Gasteiger charge is -2.10. The Kier molecular flexibility index (Phi) is 3.43. The molecule has 0 N–H and O–H groups in total. The van der Waals surface area contributed by atoms with Gasteiger partial charge < -0.3 is 0 Å². The van der Waals surface area contributed by atoms with Crippen molar-refractivity contribution in [3.8, 4) is 6.07 Å². The highest BCUT2D eigenvalue weighted by Gasteiger charge is 2.08. The summed E-state index contributed by atoms with van der Waals surface area (Å²) in [6, 6.07) is 7.84. The minimum atomic E-state index is -0.495. The lowest BCUT2D eigenvalue weighted by molar-refractivity contribution is 0.588. The Morgan fingerprint density at radius 1 is 1.37 bits per heavy atom. The van der Waals surface area contributed by atoms with Gasteiger partial charge in [0.2, 0.25) is 0 Å². The topological polar surface area (TPSA) is 58.7 Å². The Hall–Kier alpha value is -2.48. The molecular formula is C14H12FN3O. The van der Waals surface area contributed by atoms with Gasteiger partial charge >= 0.3 is 5.69 Å². The Labute approximate surface area is 109 Å². The van der Waals surface area contributed by atoms with Gasteiger partial charge in [0.15, 0.2) is 0 Å². The minimum absolute atomic E-state index is 0.107. The zero-order valence-corrected chi connectivity index (χ0v) is 10.6. The normalized spacial score (nSPS) is 10.2. The van der Waals surface area contributed by atoms with Crippen LogP contribution in [0, 0.1) is 31.0 Å². The molecule has 0 aliphatic rings. The second-order valence-electron chi connectivity index (χ2n) is 4.33. The van der Waals surface area contributed by atoms with Gasteiger partial charge in [-0.15, -0.1) is 0 Å². The van der Waals surface area contributed by atoms with E-state index in [1.165, 1.54) is 16.7 Å². The molecule has 2 aromatic rings. The molecule has 5 heteroatoms. The van der Waals surface area contributed by atoms with Crippen LogP contribution in [0.15, 0.2) is 29.1 Å². The molecule has 0 unspecified atom stereocenters. The number of aromatic nitrogens is 2. The fourth-order valence-electron chi connectivity index (χ4n) is 1.88. The summed E-state index contributed by atoms with van der Waals surface area (Å²) in [6.45, 7) is 3.62. The van der Waals surface area contributed by atoms with Crippen LogP contribution in [0.3, 0.4) is 0 Å². The van der Waals surface area contributed by atoms with Crippen molar-refractivity contribution < 1.29 is 4.39 Å². The Bertz CT molecular complexity index is 728. The second-order valence-corrected chi connectivity index (χ2v) is 4.33. The van der Waals surface area contributed by atoms with Crippen LogP contribution in [-0.2, 0) is 6.54 Å². The van der Waals surface area contributed by atoms with E-state index >= 15 is 0 Å². The first kappa shape index (κ1) is 13.0. The van der Waals surface area contributed by atoms with E-state index in [4.69, 9.17) is 5.26 Å². The molecule has 0 atom stereocenters. The third-order valence-corrected chi connectivity index (χ3v) is 2.86. The van der Waals surface area contributed by atoms with Gasteiger partial charge in [0.25, 0.3) is 0 Å². The molecule has 0 fully saturated rings. The van der Waals surface area contributed by atoms with E-state index in [1.54, 1.807) is 19.9 Å². The van der Waals surface area contributed by atoms with Crippen molar-refractivity contribution in [2.24, 2.45) is 0 Å². The van der Waals surface area contributed by atoms with Crippen molar-refractivity contribution in [3.05, 3.63) is 63.1 Å². The van der Waals surface area contributed by atoms with Crippen molar-refractivity contribution >= 4 is 0 Å². The summed E-state index contributed by atoms with van der Waals surface area (Å²) in [5, 5.41) is 8.68. The van der Waals surface area contributed by atoms with Crippen molar-refractivity contribution in [1.29, 1.82) is 5.26 Å². The van der Waals surface area contributed by atoms with E-state index in [9.17, 15) is 9.18 Å². The Morgan fingerprint density at radius 2 is 2.11 bits per heavy atom. The smallest absolute Gasteiger partial charge is 0.292 e. The number of benzene rings is 1. The van der Waals surface area contributed by atoms with E-state index in [0.717, 1.165) is 11.8 Å². The zero-order valence-electron chi connectivity index (χ0n) is 10.6. The number of aryl methyl sites for hydroxylation is 2. The van der Waals surface area contributed by atoms with Crippen molar-refractivity contribution in [3.63, 3.8) is 0 Å². The van der Waals surface area contributed by atoms with E-state index in [-0.39, 0.29) is 12.1 Å². The van der Waals surface area contributed by atoms with Crippen LogP contribution in [0.4, 0.5) is 4.39 Å². The van der Waals surface area contributed by atoms with Crippen LogP contribution >= 0.6 is 0 Å². The molecule has 96 valence electrons. The highest BCUT2D eigenvalue weighted by Crippen LogP contribution is 2.11. The van der Waals surface area contributed by atoms with Gasteiger partial charge in [0.05, 0.1) is 18.2 Å². The van der Waals surface area contributed by atoms with Crippen molar-refractivity contribution in [2.45, 2.75) is 20.4 Å². The highest BCUT2D eigenvalue weighted by atomic mass is 19.1. The lowest BCUT2D eigenvalue weighted by Crippen LogP contribution is -2.26. The molecule has 0 aliphatic carbocycles. The average molecular weight is 257 g/mol. The van der Waals surface area contributed by atoms with Crippen molar-refractivity contribution in [2.75, 3.05) is 0 Å². The molecule has 0 spiro atoms. The summed E-state index contributed by atoms with van der Waals surface area (Å²) in [5.41, 5.74) is 1.57. The van der Waals surface area contributed by atoms with Crippen LogP contribution in [0.2, 0.25) is 0 Å². The average Bonchev–Trinajstić information content (AvgIpc) is 2.35. The molecule has 0 aliphatic heterocycles. The van der Waals surface area contributed by atoms with Gasteiger partial charge in [-0.1, -0.05) is 6.07 Å². The summed E-state index contributed by atoms with van der Waals surface area (Å²) in [4.78, 5) is 15.6. The fraction of sp³-hybridized carbons (Fsp3) is 0.214. The van der Waals surface area contributed by atoms with Crippen molar-refractivity contribution in [1.82, 2.24) is 9.55 Å². The van der Waals surface area contributed by atoms with E-state index in [0.29, 0.717) is 11.3 Å². The molecule has 4 nitrogen and oxygen atoms in total. The molecule has 0 radical (unpaired) electrons. The van der Waals surface area contributed by atoms with Gasteiger partial charge in [0, 0.05) is 17.0 Å². The van der Waals surface area contributed by atoms with Crippen LogP contribution in [-0.4, -0.2) is 9.55 Å². The van der Waals surface area contributed by atoms with Crippen LogP contribution < -0.4 is 5.69 Å². The van der Waals surface area contributed by atoms with Gasteiger partial charge in [-0.2, -0.15) is 10.2 Å². The highest BCUT2D eigenvalue weighted by molar-refractivity contribution is 5.33. The van der Waals surface area contributed by atoms with Crippen LogP contribution in [0.1, 0.15) is 22.5 Å². The maximum absolute atomic E-state index is 13.8. The third kappa shape index (κ3) is 2.68. The maximum atomic E-state index is 13.8. The standard InChI is InChI=1S/C14H12FN3O/c1-9-5-10(2)18(14(19)17-9)8-12-4-3-11(7-16)6-13(12)15/h3-6H,8H2,1-2H3. The molecule has 1 aromatic heterocycles. The van der Waals surface area contributed by atoms with Crippen LogP contribution in [0.25, 0.3) is 0 Å². The Balaban J connectivity index is 2.43. The summed E-state index contributed by atoms with van der Waals surface area (Å²) >= 11 is 0. The lowest BCUT2D eigenvalue weighted by atomic mass is 10.1. The number of nitriles is 1. The first-order chi connectivity index (χ1) is 9.01. The van der Waals surface area contributed by atoms with Crippen LogP contribution in [0.5, 0.6) is 0 Å². The first-order valence-corrected chi connectivity index (χ1v) is 5.75. The monoisotopic (exact) mass is 257 g/mol. The molecule has 2 rings (SSSR count). The second kappa shape index (κ2) is 5.02. The SMILES string of the molecule is Cc1cc(C)n(Cc2ccc(C#N)cc2F)c(=O)n1. The number of hydrogen-bond acceptors (Lipinski definition) is 3. The van der Waals surface area contributed by atoms with E-state index < -0.39 is 11.5 Å². The molecular weight excluding hydrogens is 245 g/mol. The quantitative estimate of drug-likeness (QED) is 0.825. The summed E-state index contributed by atoms with van der Waals surface area (Å²) in [5.74, 6) is -0.495. The Morgan fingerprint density at radius 3 is 2.68 bits per heavy atom. The summed E-state index contributed by atoms with van der Waals surface area (Å²) in [6.07, 6.45) is 0. The molecule has 0 saturated carbocycles. The predicted molar refractivity (Wildman–Crippen MR) is 68.2 cm³/mol. The fourth-order valence-corrected chi connectivity index (χ4v) is 1.88. The third-order valence-electron chi connectivity index (χ3n) is 2.86. The number of nitrogens with zero attached hydrogens (tertiary/aromatic N) is 3. The van der Waals surface area contributed by atoms with Gasteiger partial charge in [-0.3, -0.25) is 4.57 Å². The first-order valence-electron chi connectivity index (χ1n) is 5.75. The molecule has 1 aromatic carbocycles. The summed E-state index contributed by atoms with van der Waals surface area (Å²) in [7, 11) is 0. The number of hydrogen-bond donors (Lipinski definition) is 0. The predicted octanol–water partition coefficient (Wildman–Crippen LogP) is 1.92. The zero-order chi connectivity index (χ0) is 14.0. The molecule has 0 amide bonds. The molecule has 0 saturated heterocycles. The van der Waals surface area contributed by atoms with Gasteiger partial charge in [-0.05, 0) is 32.0 Å². The maximum Gasteiger partial charge on any atom is 0.348 e. The molecule has 0 bridgehead atoms.